The van der Waals surface area contributed by atoms with E-state index in [4.69, 9.17) is 23.2 Å². The van der Waals surface area contributed by atoms with Crippen molar-refractivity contribution in [1.82, 2.24) is 5.32 Å². The molecule has 0 radical (unpaired) electrons. The van der Waals surface area contributed by atoms with E-state index in [1.54, 1.807) is 6.07 Å². The number of benzene rings is 1. The molecule has 1 atom stereocenters. The molecule has 1 heterocycles. The zero-order valence-corrected chi connectivity index (χ0v) is 13.5. The Labute approximate surface area is 131 Å². The van der Waals surface area contributed by atoms with Crippen LogP contribution >= 0.6 is 23.2 Å². The molecule has 1 aromatic rings. The van der Waals surface area contributed by atoms with Gasteiger partial charge in [-0.25, -0.2) is 0 Å². The van der Waals surface area contributed by atoms with Crippen molar-refractivity contribution in [2.24, 2.45) is 0 Å². The second-order valence-electron chi connectivity index (χ2n) is 6.33. The molecule has 3 rings (SSSR count). The number of hydrogen-bond acceptors (Lipinski definition) is 2. The van der Waals surface area contributed by atoms with E-state index in [9.17, 15) is 0 Å². The number of hydrogen-bond donors (Lipinski definition) is 1. The van der Waals surface area contributed by atoms with Crippen LogP contribution < -0.4 is 10.2 Å². The first-order chi connectivity index (χ1) is 9.58. The molecule has 4 heteroatoms. The lowest BCUT2D eigenvalue weighted by molar-refractivity contribution is 0.200. The van der Waals surface area contributed by atoms with Crippen molar-refractivity contribution in [2.75, 3.05) is 18.0 Å². The van der Waals surface area contributed by atoms with Gasteiger partial charge in [0.1, 0.15) is 0 Å². The lowest BCUT2D eigenvalue weighted by atomic mass is 9.79. The third-order valence-electron chi connectivity index (χ3n) is 4.77. The van der Waals surface area contributed by atoms with Crippen LogP contribution in [0.2, 0.25) is 10.0 Å². The molecule has 0 bridgehead atoms. The van der Waals surface area contributed by atoms with Gasteiger partial charge in [-0.1, -0.05) is 42.5 Å². The minimum Gasteiger partial charge on any atom is -0.366 e. The number of rotatable bonds is 1. The highest BCUT2D eigenvalue weighted by molar-refractivity contribution is 6.35. The van der Waals surface area contributed by atoms with E-state index >= 15 is 0 Å². The van der Waals surface area contributed by atoms with Crippen LogP contribution in [0.25, 0.3) is 0 Å². The van der Waals surface area contributed by atoms with Crippen molar-refractivity contribution >= 4 is 28.9 Å². The Morgan fingerprint density at radius 1 is 1.10 bits per heavy atom. The van der Waals surface area contributed by atoms with Crippen molar-refractivity contribution in [2.45, 2.75) is 50.6 Å². The molecule has 1 aliphatic heterocycles. The van der Waals surface area contributed by atoms with Gasteiger partial charge in [0.15, 0.2) is 0 Å². The Bertz CT molecular complexity index is 463. The van der Waals surface area contributed by atoms with Crippen LogP contribution in [0.5, 0.6) is 0 Å². The van der Waals surface area contributed by atoms with Gasteiger partial charge < -0.3 is 10.2 Å². The van der Waals surface area contributed by atoms with Gasteiger partial charge in [0.2, 0.25) is 0 Å². The maximum atomic E-state index is 6.17. The predicted molar refractivity (Wildman–Crippen MR) is 87.1 cm³/mol. The van der Waals surface area contributed by atoms with E-state index < -0.39 is 0 Å². The van der Waals surface area contributed by atoms with Crippen molar-refractivity contribution in [3.05, 3.63) is 28.2 Å². The molecule has 2 nitrogen and oxygen atoms in total. The van der Waals surface area contributed by atoms with Crippen molar-refractivity contribution in [1.29, 1.82) is 0 Å². The number of nitrogens with zero attached hydrogens (tertiary/aromatic N) is 1. The summed E-state index contributed by atoms with van der Waals surface area (Å²) in [7, 11) is 0. The van der Waals surface area contributed by atoms with Crippen molar-refractivity contribution < 1.29 is 0 Å². The fraction of sp³-hybridized carbons (Fsp3) is 0.625. The topological polar surface area (TPSA) is 15.3 Å². The molecular weight excluding hydrogens is 291 g/mol. The van der Waals surface area contributed by atoms with Gasteiger partial charge in [-0.2, -0.15) is 0 Å². The van der Waals surface area contributed by atoms with Gasteiger partial charge >= 0.3 is 0 Å². The first-order valence-electron chi connectivity index (χ1n) is 7.56. The molecule has 1 N–H and O–H groups in total. The molecule has 110 valence electrons. The minimum atomic E-state index is 0.291. The molecule has 1 saturated heterocycles. The lowest BCUT2D eigenvalue weighted by Crippen LogP contribution is -2.64. The monoisotopic (exact) mass is 312 g/mol. The fourth-order valence-corrected chi connectivity index (χ4v) is 4.14. The highest BCUT2D eigenvalue weighted by Gasteiger charge is 2.38. The zero-order valence-electron chi connectivity index (χ0n) is 12.0. The second-order valence-corrected chi connectivity index (χ2v) is 7.20. The molecule has 1 spiro atoms. The van der Waals surface area contributed by atoms with Gasteiger partial charge in [0, 0.05) is 40.4 Å². The molecule has 0 aromatic heterocycles. The summed E-state index contributed by atoms with van der Waals surface area (Å²) in [5, 5.41) is 5.24. The van der Waals surface area contributed by atoms with Gasteiger partial charge in [-0.15, -0.1) is 0 Å². The van der Waals surface area contributed by atoms with E-state index in [1.165, 1.54) is 32.1 Å². The average molecular weight is 313 g/mol. The number of piperazine rings is 1. The Balaban J connectivity index is 1.86. The molecule has 1 unspecified atom stereocenters. The standard InChI is InChI=1S/C16H22Cl2N2/c1-12-10-19-16(5-3-2-4-6-16)11-20(12)15-8-13(17)7-14(18)9-15/h7-9,12,19H,2-6,10-11H2,1H3. The highest BCUT2D eigenvalue weighted by atomic mass is 35.5. The zero-order chi connectivity index (χ0) is 14.2. The predicted octanol–water partition coefficient (Wildman–Crippen LogP) is 4.49. The quantitative estimate of drug-likeness (QED) is 0.821. The summed E-state index contributed by atoms with van der Waals surface area (Å²) >= 11 is 12.3. The van der Waals surface area contributed by atoms with Crippen LogP contribution in [0.4, 0.5) is 5.69 Å². The van der Waals surface area contributed by atoms with Crippen LogP contribution in [0.15, 0.2) is 18.2 Å². The number of halogens is 2. The summed E-state index contributed by atoms with van der Waals surface area (Å²) in [6, 6.07) is 6.34. The molecule has 1 aromatic carbocycles. The molecule has 0 amide bonds. The van der Waals surface area contributed by atoms with Gasteiger partial charge in [-0.05, 0) is 38.0 Å². The molecule has 1 saturated carbocycles. The van der Waals surface area contributed by atoms with Crippen molar-refractivity contribution in [3.63, 3.8) is 0 Å². The van der Waals surface area contributed by atoms with E-state index in [2.05, 4.69) is 17.1 Å². The van der Waals surface area contributed by atoms with Crippen LogP contribution in [0.1, 0.15) is 39.0 Å². The average Bonchev–Trinajstić information content (AvgIpc) is 2.42. The van der Waals surface area contributed by atoms with Crippen LogP contribution in [-0.4, -0.2) is 24.7 Å². The van der Waals surface area contributed by atoms with E-state index in [0.29, 0.717) is 11.6 Å². The van der Waals surface area contributed by atoms with Gasteiger partial charge in [0.25, 0.3) is 0 Å². The largest absolute Gasteiger partial charge is 0.366 e. The number of nitrogens with one attached hydrogen (secondary N) is 1. The van der Waals surface area contributed by atoms with Crippen molar-refractivity contribution in [3.8, 4) is 0 Å². The molecule has 1 aliphatic carbocycles. The van der Waals surface area contributed by atoms with Crippen LogP contribution in [-0.2, 0) is 0 Å². The SMILES string of the molecule is CC1CNC2(CCCCC2)CN1c1cc(Cl)cc(Cl)c1. The molecular formula is C16H22Cl2N2. The molecule has 20 heavy (non-hydrogen) atoms. The highest BCUT2D eigenvalue weighted by Crippen LogP contribution is 2.35. The van der Waals surface area contributed by atoms with Gasteiger partial charge in [0.05, 0.1) is 0 Å². The Kier molecular flexibility index (Phi) is 4.16. The summed E-state index contributed by atoms with van der Waals surface area (Å²) in [4.78, 5) is 2.47. The Morgan fingerprint density at radius 2 is 1.75 bits per heavy atom. The lowest BCUT2D eigenvalue weighted by Gasteiger charge is -2.50. The summed E-state index contributed by atoms with van der Waals surface area (Å²) < 4.78 is 0. The maximum absolute atomic E-state index is 6.17. The third-order valence-corrected chi connectivity index (χ3v) is 5.20. The van der Waals surface area contributed by atoms with Crippen LogP contribution in [0.3, 0.4) is 0 Å². The summed E-state index contributed by atoms with van der Waals surface area (Å²) in [5.41, 5.74) is 1.45. The van der Waals surface area contributed by atoms with E-state index in [-0.39, 0.29) is 0 Å². The van der Waals surface area contributed by atoms with E-state index in [0.717, 1.165) is 28.8 Å². The summed E-state index contributed by atoms with van der Waals surface area (Å²) in [6.07, 6.45) is 6.62. The molecule has 2 aliphatic rings. The Hall–Kier alpha value is -0.440. The fourth-order valence-electron chi connectivity index (χ4n) is 3.63. The summed E-state index contributed by atoms with van der Waals surface area (Å²) in [6.45, 7) is 4.35. The normalized spacial score (nSPS) is 25.9. The minimum absolute atomic E-state index is 0.291. The first-order valence-corrected chi connectivity index (χ1v) is 8.31. The second kappa shape index (κ2) is 5.75. The Morgan fingerprint density at radius 3 is 2.40 bits per heavy atom. The molecule has 2 fully saturated rings. The smallest absolute Gasteiger partial charge is 0.0441 e. The summed E-state index contributed by atoms with van der Waals surface area (Å²) in [5.74, 6) is 0. The van der Waals surface area contributed by atoms with Gasteiger partial charge in [-0.3, -0.25) is 0 Å². The number of anilines is 1. The van der Waals surface area contributed by atoms with Crippen LogP contribution in [0, 0.1) is 0 Å². The third kappa shape index (κ3) is 2.93. The first kappa shape index (κ1) is 14.5. The van der Waals surface area contributed by atoms with E-state index in [1.807, 2.05) is 12.1 Å². The maximum Gasteiger partial charge on any atom is 0.0441 e.